The molecule has 0 radical (unpaired) electrons. The van der Waals surface area contributed by atoms with Gasteiger partial charge in [-0.25, -0.2) is 4.79 Å². The van der Waals surface area contributed by atoms with Gasteiger partial charge < -0.3 is 20.2 Å². The lowest BCUT2D eigenvalue weighted by molar-refractivity contribution is -0.158. The number of β-lactam (4-membered cyclic amide) rings is 1. The Morgan fingerprint density at radius 3 is 2.90 bits per heavy atom. The first-order valence-electron chi connectivity index (χ1n) is 10.6. The molecule has 0 saturated carbocycles. The van der Waals surface area contributed by atoms with Gasteiger partial charge in [0, 0.05) is 30.8 Å². The van der Waals surface area contributed by atoms with Gasteiger partial charge in [-0.3, -0.25) is 14.8 Å². The number of hydrogen-bond acceptors (Lipinski definition) is 6. The van der Waals surface area contributed by atoms with Gasteiger partial charge in [-0.1, -0.05) is 0 Å². The van der Waals surface area contributed by atoms with Crippen molar-refractivity contribution < 1.29 is 14.7 Å². The Balaban J connectivity index is 0.00000256. The average molecular weight is 458 g/mol. The van der Waals surface area contributed by atoms with E-state index in [1.807, 2.05) is 20.2 Å². The third-order valence-corrected chi connectivity index (χ3v) is 8.01. The fraction of sp³-hybridized carbons (Fsp3) is 0.800. The Hall–Kier alpha value is -1.48. The van der Waals surface area contributed by atoms with E-state index < -0.39 is 22.8 Å². The Morgan fingerprint density at radius 1 is 1.40 bits per heavy atom. The maximum Gasteiger partial charge on any atom is 0.327 e. The number of hydrogen-bond donors (Lipinski definition) is 2. The highest BCUT2D eigenvalue weighted by Gasteiger charge is 2.63. The summed E-state index contributed by atoms with van der Waals surface area (Å²) in [5.41, 5.74) is 0. The third-order valence-electron chi connectivity index (χ3n) is 6.45. The summed E-state index contributed by atoms with van der Waals surface area (Å²) in [5.74, 6) is 0.784. The van der Waals surface area contributed by atoms with Crippen LogP contribution in [0.4, 0.5) is 0 Å². The zero-order valence-corrected chi connectivity index (χ0v) is 19.3. The molecule has 3 saturated heterocycles. The van der Waals surface area contributed by atoms with E-state index in [9.17, 15) is 14.7 Å². The molecule has 168 valence electrons. The van der Waals surface area contributed by atoms with Gasteiger partial charge in [-0.2, -0.15) is 0 Å². The van der Waals surface area contributed by atoms with Crippen LogP contribution in [0.3, 0.4) is 0 Å². The normalized spacial score (nSPS) is 32.7. The van der Waals surface area contributed by atoms with E-state index in [0.717, 1.165) is 51.3 Å². The maximum atomic E-state index is 12.5. The molecule has 4 rings (SSSR count). The first kappa shape index (κ1) is 23.2. The molecule has 30 heavy (non-hydrogen) atoms. The Morgan fingerprint density at radius 2 is 2.20 bits per heavy atom. The summed E-state index contributed by atoms with van der Waals surface area (Å²) < 4.78 is -0.495. The zero-order chi connectivity index (χ0) is 20.6. The number of carboxylic acid groups (broad SMARTS) is 1. The van der Waals surface area contributed by atoms with Crippen molar-refractivity contribution in [2.45, 2.75) is 68.2 Å². The Labute approximate surface area is 188 Å². The monoisotopic (exact) mass is 457 g/mol. The predicted octanol–water partition coefficient (Wildman–Crippen LogP) is 1.84. The second kappa shape index (κ2) is 9.34. The van der Waals surface area contributed by atoms with Crippen LogP contribution in [0.15, 0.2) is 9.98 Å². The summed E-state index contributed by atoms with van der Waals surface area (Å²) in [7, 11) is 0. The number of likely N-dealkylation sites (tertiary alicyclic amines) is 1. The van der Waals surface area contributed by atoms with E-state index in [1.54, 1.807) is 11.8 Å². The van der Waals surface area contributed by atoms with Crippen molar-refractivity contribution in [2.24, 2.45) is 15.9 Å². The fourth-order valence-corrected chi connectivity index (χ4v) is 6.46. The van der Waals surface area contributed by atoms with E-state index >= 15 is 0 Å². The van der Waals surface area contributed by atoms with Gasteiger partial charge in [0.15, 0.2) is 6.04 Å². The molecular formula is C20H32ClN5O3S. The molecule has 10 heteroatoms. The Bertz CT molecular complexity index is 731. The highest BCUT2D eigenvalue weighted by atomic mass is 35.5. The maximum absolute atomic E-state index is 12.5. The lowest BCUT2D eigenvalue weighted by Gasteiger charge is -2.41. The molecule has 0 bridgehead atoms. The number of aliphatic imine (C=N–C) groups is 2. The van der Waals surface area contributed by atoms with E-state index in [0.29, 0.717) is 5.92 Å². The SMILES string of the molecule is CC1(C)S[C@@H]2[C@H](N=CN3CCCC(CCC4=NCCN4)CC3)C(=O)N2[C@H]1C(=O)O.Cl. The average Bonchev–Trinajstić information content (AvgIpc) is 3.19. The number of nitrogens with one attached hydrogen (secondary N) is 1. The van der Waals surface area contributed by atoms with Crippen molar-refractivity contribution in [3.63, 3.8) is 0 Å². The molecule has 0 aromatic rings. The summed E-state index contributed by atoms with van der Waals surface area (Å²) in [6.45, 7) is 7.59. The largest absolute Gasteiger partial charge is 0.480 e. The van der Waals surface area contributed by atoms with Gasteiger partial charge in [-0.05, 0) is 45.4 Å². The van der Waals surface area contributed by atoms with E-state index in [4.69, 9.17) is 0 Å². The number of nitrogens with zero attached hydrogens (tertiary/aromatic N) is 4. The van der Waals surface area contributed by atoms with E-state index in [2.05, 4.69) is 20.2 Å². The molecule has 2 N–H and O–H groups in total. The van der Waals surface area contributed by atoms with Crippen molar-refractivity contribution in [3.05, 3.63) is 0 Å². The lowest BCUT2D eigenvalue weighted by atomic mass is 9.95. The van der Waals surface area contributed by atoms with Gasteiger partial charge in [0.2, 0.25) is 0 Å². The molecule has 0 aromatic heterocycles. The van der Waals surface area contributed by atoms with Gasteiger partial charge in [0.25, 0.3) is 5.91 Å². The van der Waals surface area contributed by atoms with Gasteiger partial charge in [0.05, 0.1) is 18.7 Å². The number of halogens is 1. The van der Waals surface area contributed by atoms with Crippen LogP contribution in [0.5, 0.6) is 0 Å². The number of carboxylic acids is 1. The van der Waals surface area contributed by atoms with E-state index in [-0.39, 0.29) is 23.7 Å². The first-order chi connectivity index (χ1) is 13.9. The molecule has 0 aliphatic carbocycles. The predicted molar refractivity (Wildman–Crippen MR) is 122 cm³/mol. The molecule has 0 spiro atoms. The van der Waals surface area contributed by atoms with Crippen LogP contribution in [0, 0.1) is 5.92 Å². The second-order valence-electron chi connectivity index (χ2n) is 8.93. The second-order valence-corrected chi connectivity index (χ2v) is 10.7. The number of thioether (sulfide) groups is 1. The summed E-state index contributed by atoms with van der Waals surface area (Å²) >= 11 is 1.55. The minimum absolute atomic E-state index is 0. The van der Waals surface area contributed by atoms with Gasteiger partial charge in [-0.15, -0.1) is 24.2 Å². The number of fused-ring (bicyclic) bond motifs is 1. The first-order valence-corrected chi connectivity index (χ1v) is 11.5. The molecule has 4 aliphatic heterocycles. The van der Waals surface area contributed by atoms with Crippen LogP contribution < -0.4 is 5.32 Å². The van der Waals surface area contributed by atoms with Gasteiger partial charge in [0.1, 0.15) is 11.4 Å². The highest BCUT2D eigenvalue weighted by molar-refractivity contribution is 8.01. The summed E-state index contributed by atoms with van der Waals surface area (Å²) in [4.78, 5) is 36.9. The molecule has 4 aliphatic rings. The van der Waals surface area contributed by atoms with E-state index in [1.165, 1.54) is 17.7 Å². The van der Waals surface area contributed by atoms with Gasteiger partial charge >= 0.3 is 5.97 Å². The summed E-state index contributed by atoms with van der Waals surface area (Å²) in [6.07, 6.45) is 7.55. The lowest BCUT2D eigenvalue weighted by Crippen LogP contribution is -2.65. The number of amidine groups is 1. The fourth-order valence-electron chi connectivity index (χ4n) is 4.84. The van der Waals surface area contributed by atoms with Crippen molar-refractivity contribution in [2.75, 3.05) is 26.2 Å². The van der Waals surface area contributed by atoms with Crippen molar-refractivity contribution in [1.82, 2.24) is 15.1 Å². The minimum atomic E-state index is -0.932. The summed E-state index contributed by atoms with van der Waals surface area (Å²) in [6, 6.07) is -1.22. The number of rotatable bonds is 6. The third kappa shape index (κ3) is 4.56. The molecule has 3 fully saturated rings. The number of aliphatic carboxylic acids is 1. The Kier molecular flexibility index (Phi) is 7.22. The van der Waals surface area contributed by atoms with Crippen molar-refractivity contribution in [1.29, 1.82) is 0 Å². The standard InChI is InChI=1S/C20H31N5O3S.ClH/c1-20(2)16(19(27)28)25-17(26)15(18(25)29-20)23-12-24-10-3-4-13(7-11-24)5-6-14-21-8-9-22-14;/h12-13,15-16,18H,3-11H2,1-2H3,(H,21,22)(H,27,28);1H/t13?,15-,16+,18-;/m1./s1. The quantitative estimate of drug-likeness (QED) is 0.359. The smallest absolute Gasteiger partial charge is 0.327 e. The molecule has 0 aromatic carbocycles. The van der Waals surface area contributed by atoms with Crippen LogP contribution in [0.25, 0.3) is 0 Å². The van der Waals surface area contributed by atoms with Crippen molar-refractivity contribution >= 4 is 48.2 Å². The highest BCUT2D eigenvalue weighted by Crippen LogP contribution is 2.51. The number of amides is 1. The molecule has 8 nitrogen and oxygen atoms in total. The molecule has 4 atom stereocenters. The number of carbonyl (C=O) groups is 2. The molecule has 1 unspecified atom stereocenters. The molecule has 4 heterocycles. The van der Waals surface area contributed by atoms with Crippen LogP contribution in [0.2, 0.25) is 0 Å². The van der Waals surface area contributed by atoms with Crippen LogP contribution >= 0.6 is 24.2 Å². The van der Waals surface area contributed by atoms with Crippen LogP contribution in [-0.2, 0) is 9.59 Å². The molecular weight excluding hydrogens is 426 g/mol. The number of carbonyl (C=O) groups excluding carboxylic acids is 1. The van der Waals surface area contributed by atoms with Crippen LogP contribution in [0.1, 0.15) is 46.0 Å². The topological polar surface area (TPSA) is 97.6 Å². The minimum Gasteiger partial charge on any atom is -0.480 e. The van der Waals surface area contributed by atoms with Crippen LogP contribution in [-0.4, -0.2) is 87.3 Å². The van der Waals surface area contributed by atoms with Crippen molar-refractivity contribution in [3.8, 4) is 0 Å². The summed E-state index contributed by atoms with van der Waals surface area (Å²) in [5, 5.41) is 12.7. The zero-order valence-electron chi connectivity index (χ0n) is 17.6. The molecule has 1 amide bonds.